The minimum absolute atomic E-state index is 0.162. The molecule has 3 aromatic rings. The Labute approximate surface area is 220 Å². The fourth-order valence-corrected chi connectivity index (χ4v) is 8.17. The van der Waals surface area contributed by atoms with Crippen molar-refractivity contribution < 1.29 is 53.3 Å². The lowest BCUT2D eigenvalue weighted by atomic mass is 10.1. The van der Waals surface area contributed by atoms with Crippen LogP contribution in [0.4, 0.5) is 43.9 Å². The van der Waals surface area contributed by atoms with Gasteiger partial charge in [0.1, 0.15) is 0 Å². The highest BCUT2D eigenvalue weighted by Gasteiger charge is 2.50. The number of piperidine rings is 1. The number of likely N-dealkylation sites (tertiary alicyclic amines) is 1. The Bertz CT molecular complexity index is 1390. The van der Waals surface area contributed by atoms with E-state index in [1.165, 1.54) is 23.1 Å². The lowest BCUT2D eigenvalue weighted by Gasteiger charge is -2.33. The molecule has 4 rings (SSSR count). The van der Waals surface area contributed by atoms with E-state index in [2.05, 4.69) is 0 Å². The minimum atomic E-state index is -6.20. The van der Waals surface area contributed by atoms with E-state index in [0.29, 0.717) is 12.8 Å². The molecule has 1 aliphatic rings. The number of hydrogen-bond acceptors (Lipinski definition) is 2. The molecule has 1 heterocycles. The van der Waals surface area contributed by atoms with Gasteiger partial charge in [0.2, 0.25) is 17.5 Å². The van der Waals surface area contributed by atoms with Crippen molar-refractivity contribution in [3.05, 3.63) is 94.1 Å². The molecule has 0 radical (unpaired) electrons. The monoisotopic (exact) mass is 597 g/mol. The maximum absolute atomic E-state index is 15.2. The molecule has 0 spiro atoms. The van der Waals surface area contributed by atoms with E-state index in [-0.39, 0.29) is 18.7 Å². The van der Waals surface area contributed by atoms with E-state index in [9.17, 15) is 35.7 Å². The maximum Gasteiger partial charge on any atom is 0.223 e. The number of carbonyl (C=O) groups excluding carboxylic acids is 1. The number of benzene rings is 3. The van der Waals surface area contributed by atoms with Gasteiger partial charge in [-0.1, -0.05) is 30.3 Å². The zero-order chi connectivity index (χ0) is 29.5. The largest absolute Gasteiger partial charge is 0.343 e. The predicted molar refractivity (Wildman–Crippen MR) is 124 cm³/mol. The standard InChI is InChI=1S/C26H18F10NO2P/c27-15-17(29)21(33)25(22(34)18(15)30)40(39,26-23(35)19(31)16(28)20(32)24(26)36)13(12-7-3-1-4-8-12)11-14(38)37-9-5-2-6-10-37/h1,3-4,7-8,13H,2,5-6,9-11H2. The van der Waals surface area contributed by atoms with Crippen molar-refractivity contribution >= 4 is 23.7 Å². The molecule has 14 heteroatoms. The minimum Gasteiger partial charge on any atom is -0.343 e. The molecule has 0 N–H and O–H groups in total. The average molecular weight is 597 g/mol. The number of halogens is 10. The molecule has 0 aliphatic carbocycles. The summed E-state index contributed by atoms with van der Waals surface area (Å²) in [5.74, 6) is -28.3. The van der Waals surface area contributed by atoms with Crippen LogP contribution in [0, 0.1) is 58.2 Å². The van der Waals surface area contributed by atoms with E-state index >= 15 is 17.6 Å². The van der Waals surface area contributed by atoms with Gasteiger partial charge in [-0.2, -0.15) is 0 Å². The summed E-state index contributed by atoms with van der Waals surface area (Å²) in [6, 6.07) is 5.97. The van der Waals surface area contributed by atoms with E-state index in [1.807, 2.05) is 0 Å². The van der Waals surface area contributed by atoms with Gasteiger partial charge in [-0.15, -0.1) is 0 Å². The van der Waals surface area contributed by atoms with Gasteiger partial charge in [0.05, 0.1) is 16.3 Å². The summed E-state index contributed by atoms with van der Waals surface area (Å²) in [5, 5.41) is -4.60. The fourth-order valence-electron chi connectivity index (χ4n) is 4.76. The van der Waals surface area contributed by atoms with Crippen molar-refractivity contribution in [2.45, 2.75) is 31.3 Å². The van der Waals surface area contributed by atoms with Gasteiger partial charge >= 0.3 is 0 Å². The molecule has 3 nitrogen and oxygen atoms in total. The summed E-state index contributed by atoms with van der Waals surface area (Å²) < 4.78 is 161. The van der Waals surface area contributed by atoms with Gasteiger partial charge < -0.3 is 9.46 Å². The van der Waals surface area contributed by atoms with Crippen molar-refractivity contribution in [3.63, 3.8) is 0 Å². The third kappa shape index (κ3) is 4.78. The van der Waals surface area contributed by atoms with Crippen molar-refractivity contribution in [2.75, 3.05) is 13.1 Å². The molecule has 3 aromatic carbocycles. The second-order valence-electron chi connectivity index (χ2n) is 9.07. The number of rotatable bonds is 6. The lowest BCUT2D eigenvalue weighted by Crippen LogP contribution is -2.38. The average Bonchev–Trinajstić information content (AvgIpc) is 2.96. The van der Waals surface area contributed by atoms with E-state index in [4.69, 9.17) is 0 Å². The number of hydrogen-bond donors (Lipinski definition) is 0. The van der Waals surface area contributed by atoms with Crippen molar-refractivity contribution in [2.24, 2.45) is 0 Å². The second kappa shape index (κ2) is 11.3. The molecule has 1 atom stereocenters. The summed E-state index contributed by atoms with van der Waals surface area (Å²) >= 11 is 0. The molecular formula is C26H18F10NO2P. The molecule has 0 aromatic heterocycles. The fraction of sp³-hybridized carbons (Fsp3) is 0.269. The Morgan fingerprint density at radius 3 is 1.40 bits per heavy atom. The van der Waals surface area contributed by atoms with Crippen LogP contribution < -0.4 is 10.6 Å². The van der Waals surface area contributed by atoms with Crippen molar-refractivity contribution in [1.29, 1.82) is 0 Å². The van der Waals surface area contributed by atoms with Gasteiger partial charge in [-0.3, -0.25) is 4.79 Å². The van der Waals surface area contributed by atoms with Crippen LogP contribution in [0.2, 0.25) is 0 Å². The van der Waals surface area contributed by atoms with Crippen LogP contribution in [-0.2, 0) is 9.36 Å². The normalized spacial score (nSPS) is 14.9. The number of carbonyl (C=O) groups is 1. The second-order valence-corrected chi connectivity index (χ2v) is 11.9. The van der Waals surface area contributed by atoms with Crippen LogP contribution in [0.1, 0.15) is 36.9 Å². The maximum atomic E-state index is 15.2. The summed E-state index contributed by atoms with van der Waals surface area (Å²) in [6.45, 7) is 0.325. The lowest BCUT2D eigenvalue weighted by molar-refractivity contribution is -0.132. The van der Waals surface area contributed by atoms with Crippen LogP contribution in [0.15, 0.2) is 30.3 Å². The molecule has 0 saturated carbocycles. The first-order valence-corrected chi connectivity index (χ1v) is 13.6. The Balaban J connectivity index is 2.14. The highest BCUT2D eigenvalue weighted by atomic mass is 31.2. The first-order valence-electron chi connectivity index (χ1n) is 11.8. The van der Waals surface area contributed by atoms with Crippen LogP contribution in [0.5, 0.6) is 0 Å². The Hall–Kier alpha value is -3.34. The van der Waals surface area contributed by atoms with Crippen LogP contribution in [-0.4, -0.2) is 23.9 Å². The van der Waals surface area contributed by atoms with E-state index in [1.54, 1.807) is 0 Å². The van der Waals surface area contributed by atoms with Crippen molar-refractivity contribution in [3.8, 4) is 0 Å². The molecule has 0 bridgehead atoms. The molecule has 40 heavy (non-hydrogen) atoms. The Morgan fingerprint density at radius 1 is 0.625 bits per heavy atom. The first-order chi connectivity index (χ1) is 18.8. The quantitative estimate of drug-likeness (QED) is 0.140. The Kier molecular flexibility index (Phi) is 8.35. The van der Waals surface area contributed by atoms with Gasteiger partial charge in [0.25, 0.3) is 0 Å². The van der Waals surface area contributed by atoms with E-state index < -0.39 is 93.9 Å². The summed E-state index contributed by atoms with van der Waals surface area (Å²) in [5.41, 5.74) is -2.67. The summed E-state index contributed by atoms with van der Waals surface area (Å²) in [6.07, 6.45) is 0.684. The summed E-state index contributed by atoms with van der Waals surface area (Å²) in [7, 11) is -6.20. The molecule has 214 valence electrons. The first kappa shape index (κ1) is 29.6. The van der Waals surface area contributed by atoms with E-state index in [0.717, 1.165) is 18.6 Å². The van der Waals surface area contributed by atoms with Gasteiger partial charge in [0, 0.05) is 19.5 Å². The molecule has 1 aliphatic heterocycles. The van der Waals surface area contributed by atoms with Gasteiger partial charge in [0.15, 0.2) is 53.7 Å². The van der Waals surface area contributed by atoms with Crippen LogP contribution in [0.25, 0.3) is 0 Å². The van der Waals surface area contributed by atoms with Gasteiger partial charge in [-0.05, 0) is 24.8 Å². The molecule has 1 unspecified atom stereocenters. The smallest absolute Gasteiger partial charge is 0.223 e. The molecule has 1 fully saturated rings. The number of nitrogens with zero attached hydrogens (tertiary/aromatic N) is 1. The zero-order valence-electron chi connectivity index (χ0n) is 20.2. The number of amides is 1. The van der Waals surface area contributed by atoms with Crippen LogP contribution >= 0.6 is 7.14 Å². The third-order valence-electron chi connectivity index (χ3n) is 6.74. The Morgan fingerprint density at radius 2 is 1.00 bits per heavy atom. The topological polar surface area (TPSA) is 37.4 Å². The molecule has 1 amide bonds. The molecular weight excluding hydrogens is 579 g/mol. The third-order valence-corrected chi connectivity index (χ3v) is 10.2. The zero-order valence-corrected chi connectivity index (χ0v) is 21.1. The SMILES string of the molecule is O=C(CC(c1ccccc1)P(=O)(c1c(F)c(F)c(F)c(F)c1F)c1c(F)c(F)c(F)c(F)c1F)N1CCCCC1. The summed E-state index contributed by atoms with van der Waals surface area (Å²) in [4.78, 5) is 14.4. The predicted octanol–water partition coefficient (Wildman–Crippen LogP) is 6.54. The molecule has 1 saturated heterocycles. The van der Waals surface area contributed by atoms with Crippen LogP contribution in [0.3, 0.4) is 0 Å². The highest BCUT2D eigenvalue weighted by Crippen LogP contribution is 2.61. The highest BCUT2D eigenvalue weighted by molar-refractivity contribution is 7.79. The van der Waals surface area contributed by atoms with Crippen molar-refractivity contribution in [1.82, 2.24) is 4.90 Å². The van der Waals surface area contributed by atoms with Gasteiger partial charge in [-0.25, -0.2) is 43.9 Å².